The Morgan fingerprint density at radius 2 is 1.97 bits per heavy atom. The van der Waals surface area contributed by atoms with Crippen LogP contribution in [0.4, 0.5) is 24.0 Å². The Labute approximate surface area is 180 Å². The number of hydrogen-bond donors (Lipinski definition) is 3. The van der Waals surface area contributed by atoms with Crippen molar-refractivity contribution in [3.05, 3.63) is 59.4 Å². The van der Waals surface area contributed by atoms with Gasteiger partial charge in [0.2, 0.25) is 5.91 Å². The van der Waals surface area contributed by atoms with E-state index in [2.05, 4.69) is 20.6 Å². The summed E-state index contributed by atoms with van der Waals surface area (Å²) in [6.45, 7) is 2.29. The van der Waals surface area contributed by atoms with Gasteiger partial charge in [-0.25, -0.2) is 9.97 Å². The van der Waals surface area contributed by atoms with Crippen molar-refractivity contribution in [1.82, 2.24) is 9.97 Å². The van der Waals surface area contributed by atoms with Crippen LogP contribution in [0.15, 0.2) is 42.6 Å². The number of nitrogens with two attached hydrogens (primary N) is 1. The van der Waals surface area contributed by atoms with E-state index in [9.17, 15) is 18.0 Å². The van der Waals surface area contributed by atoms with E-state index in [1.54, 1.807) is 6.20 Å². The highest BCUT2D eigenvalue weighted by molar-refractivity contribution is 7.18. The Morgan fingerprint density at radius 1 is 1.23 bits per heavy atom. The smallest absolute Gasteiger partial charge is 0.360 e. The van der Waals surface area contributed by atoms with E-state index in [1.807, 2.05) is 19.1 Å². The predicted octanol–water partition coefficient (Wildman–Crippen LogP) is 4.26. The van der Waals surface area contributed by atoms with Crippen molar-refractivity contribution < 1.29 is 18.0 Å². The Kier molecular flexibility index (Phi) is 5.67. The second kappa shape index (κ2) is 8.27. The van der Waals surface area contributed by atoms with Gasteiger partial charge in [0.25, 0.3) is 0 Å². The van der Waals surface area contributed by atoms with Crippen LogP contribution in [0.2, 0.25) is 0 Å². The van der Waals surface area contributed by atoms with Crippen LogP contribution in [0.5, 0.6) is 0 Å². The van der Waals surface area contributed by atoms with Gasteiger partial charge in [-0.3, -0.25) is 4.79 Å². The summed E-state index contributed by atoms with van der Waals surface area (Å²) in [5, 5.41) is 6.61. The first-order valence-electron chi connectivity index (χ1n) is 9.63. The van der Waals surface area contributed by atoms with E-state index >= 15 is 0 Å². The Bertz CT molecular complexity index is 1100. The van der Waals surface area contributed by atoms with Crippen LogP contribution in [-0.2, 0) is 17.4 Å². The van der Waals surface area contributed by atoms with E-state index < -0.39 is 11.7 Å². The molecule has 10 heteroatoms. The van der Waals surface area contributed by atoms with Crippen molar-refractivity contribution >= 4 is 28.1 Å². The minimum absolute atomic E-state index is 0.0672. The molecule has 0 radical (unpaired) electrons. The number of thiazole rings is 1. The average molecular weight is 447 g/mol. The highest BCUT2D eigenvalue weighted by atomic mass is 32.1. The van der Waals surface area contributed by atoms with Gasteiger partial charge in [-0.1, -0.05) is 30.4 Å². The molecule has 0 unspecified atom stereocenters. The summed E-state index contributed by atoms with van der Waals surface area (Å²) in [5.74, 6) is -0.208. The molecule has 0 fully saturated rings. The molecule has 0 saturated carbocycles. The van der Waals surface area contributed by atoms with Crippen LogP contribution in [-0.4, -0.2) is 28.5 Å². The van der Waals surface area contributed by atoms with Crippen LogP contribution in [0.3, 0.4) is 0 Å². The number of carbonyl (C=O) groups is 1. The molecule has 2 aromatic heterocycles. The molecule has 0 bridgehead atoms. The summed E-state index contributed by atoms with van der Waals surface area (Å²) < 4.78 is 38.2. The number of fused-ring (bicyclic) bond motifs is 1. The van der Waals surface area contributed by atoms with Crippen LogP contribution in [0.1, 0.15) is 29.7 Å². The van der Waals surface area contributed by atoms with Gasteiger partial charge in [0.15, 0.2) is 5.13 Å². The van der Waals surface area contributed by atoms with E-state index in [0.29, 0.717) is 11.7 Å². The summed E-state index contributed by atoms with van der Waals surface area (Å²) in [6, 6.07) is 8.43. The van der Waals surface area contributed by atoms with Crippen molar-refractivity contribution in [1.29, 1.82) is 0 Å². The minimum Gasteiger partial charge on any atom is -0.360 e. The van der Waals surface area contributed by atoms with Gasteiger partial charge in [0.1, 0.15) is 0 Å². The molecular weight excluding hydrogens is 427 g/mol. The SMILES string of the molecule is C[C@@H](c1ccc(C(F)(F)F)cc1)[C@H](N)CNc1ncc(-c2ccc3c(n2)CC(=O)N3)s1. The summed E-state index contributed by atoms with van der Waals surface area (Å²) >= 11 is 1.42. The summed E-state index contributed by atoms with van der Waals surface area (Å²) in [6.07, 6.45) is -2.38. The average Bonchev–Trinajstić information content (AvgIpc) is 3.35. The summed E-state index contributed by atoms with van der Waals surface area (Å²) in [5.41, 5.74) is 8.52. The Hall–Kier alpha value is -2.98. The maximum atomic E-state index is 12.7. The van der Waals surface area contributed by atoms with Crippen LogP contribution in [0, 0.1) is 0 Å². The standard InChI is InChI=1S/C21H20F3N5OS/c1-11(12-2-4-13(5-3-12)21(22,23)24)14(25)9-26-20-27-10-18(31-20)16-7-6-15-17(28-16)8-19(30)29-15/h2-7,10-11,14H,8-9,25H2,1H3,(H,26,27)(H,29,30)/t11-,14+/m0/s1. The zero-order chi connectivity index (χ0) is 22.2. The number of anilines is 2. The normalized spacial score (nSPS) is 15.3. The molecule has 31 heavy (non-hydrogen) atoms. The first-order chi connectivity index (χ1) is 14.7. The molecule has 1 aliphatic rings. The summed E-state index contributed by atoms with van der Waals surface area (Å²) in [4.78, 5) is 21.2. The van der Waals surface area contributed by atoms with E-state index in [0.717, 1.165) is 39.6 Å². The predicted molar refractivity (Wildman–Crippen MR) is 114 cm³/mol. The van der Waals surface area contributed by atoms with Gasteiger partial charge < -0.3 is 16.4 Å². The molecule has 0 spiro atoms. The number of aromatic nitrogens is 2. The van der Waals surface area contributed by atoms with Gasteiger partial charge in [0, 0.05) is 18.8 Å². The Morgan fingerprint density at radius 3 is 2.68 bits per heavy atom. The third kappa shape index (κ3) is 4.70. The number of alkyl halides is 3. The quantitative estimate of drug-likeness (QED) is 0.525. The molecule has 1 aliphatic heterocycles. The fourth-order valence-corrected chi connectivity index (χ4v) is 4.11. The van der Waals surface area contributed by atoms with Gasteiger partial charge >= 0.3 is 6.18 Å². The van der Waals surface area contributed by atoms with Crippen molar-refractivity contribution in [3.8, 4) is 10.6 Å². The van der Waals surface area contributed by atoms with Crippen LogP contribution in [0.25, 0.3) is 10.6 Å². The van der Waals surface area contributed by atoms with Gasteiger partial charge in [-0.2, -0.15) is 13.2 Å². The lowest BCUT2D eigenvalue weighted by Crippen LogP contribution is -2.34. The molecule has 1 aromatic carbocycles. The second-order valence-electron chi connectivity index (χ2n) is 7.40. The first kappa shape index (κ1) is 21.3. The van der Waals surface area contributed by atoms with Crippen molar-refractivity contribution in [2.45, 2.75) is 31.5 Å². The number of pyridine rings is 1. The largest absolute Gasteiger partial charge is 0.416 e. The number of nitrogens with one attached hydrogen (secondary N) is 2. The first-order valence-corrected chi connectivity index (χ1v) is 10.4. The third-order valence-corrected chi connectivity index (χ3v) is 6.21. The minimum atomic E-state index is -4.35. The van der Waals surface area contributed by atoms with E-state index in [1.165, 1.54) is 23.5 Å². The maximum Gasteiger partial charge on any atom is 0.416 e. The molecule has 4 N–H and O–H groups in total. The molecule has 162 valence electrons. The number of halogens is 3. The molecule has 3 heterocycles. The van der Waals surface area contributed by atoms with Crippen molar-refractivity contribution in [2.24, 2.45) is 5.73 Å². The lowest BCUT2D eigenvalue weighted by Gasteiger charge is -2.21. The number of amides is 1. The zero-order valence-corrected chi connectivity index (χ0v) is 17.3. The molecule has 6 nitrogen and oxygen atoms in total. The maximum absolute atomic E-state index is 12.7. The molecule has 3 aromatic rings. The number of hydrogen-bond acceptors (Lipinski definition) is 6. The fourth-order valence-electron chi connectivity index (χ4n) is 3.31. The molecule has 2 atom stereocenters. The van der Waals surface area contributed by atoms with Gasteiger partial charge in [-0.15, -0.1) is 0 Å². The summed E-state index contributed by atoms with van der Waals surface area (Å²) in [7, 11) is 0. The van der Waals surface area contributed by atoms with Gasteiger partial charge in [0.05, 0.1) is 33.9 Å². The van der Waals surface area contributed by atoms with Crippen molar-refractivity contribution in [3.63, 3.8) is 0 Å². The molecule has 0 saturated heterocycles. The monoisotopic (exact) mass is 447 g/mol. The highest BCUT2D eigenvalue weighted by Crippen LogP contribution is 2.32. The lowest BCUT2D eigenvalue weighted by atomic mass is 9.93. The van der Waals surface area contributed by atoms with Gasteiger partial charge in [-0.05, 0) is 35.7 Å². The Balaban J connectivity index is 1.37. The number of nitrogens with zero attached hydrogens (tertiary/aromatic N) is 2. The van der Waals surface area contributed by atoms with Crippen LogP contribution < -0.4 is 16.4 Å². The number of carbonyl (C=O) groups excluding carboxylic acids is 1. The topological polar surface area (TPSA) is 92.9 Å². The molecule has 0 aliphatic carbocycles. The highest BCUT2D eigenvalue weighted by Gasteiger charge is 2.30. The second-order valence-corrected chi connectivity index (χ2v) is 8.43. The van der Waals surface area contributed by atoms with E-state index in [4.69, 9.17) is 5.73 Å². The zero-order valence-electron chi connectivity index (χ0n) is 16.5. The lowest BCUT2D eigenvalue weighted by molar-refractivity contribution is -0.137. The van der Waals surface area contributed by atoms with Crippen molar-refractivity contribution in [2.75, 3.05) is 17.2 Å². The fraction of sp³-hybridized carbons (Fsp3) is 0.286. The number of rotatable bonds is 6. The van der Waals surface area contributed by atoms with Crippen LogP contribution >= 0.6 is 11.3 Å². The molecule has 4 rings (SSSR count). The third-order valence-electron chi connectivity index (χ3n) is 5.23. The molecule has 1 amide bonds. The molecular formula is C21H20F3N5OS. The number of benzene rings is 1. The van der Waals surface area contributed by atoms with E-state index in [-0.39, 0.29) is 24.3 Å².